The highest BCUT2D eigenvalue weighted by molar-refractivity contribution is 6.09. The Morgan fingerprint density at radius 3 is 2.32 bits per heavy atom. The molecule has 0 N–H and O–H groups in total. The highest BCUT2D eigenvalue weighted by atomic mass is 19.4. The lowest BCUT2D eigenvalue weighted by molar-refractivity contribution is -0.137. The van der Waals surface area contributed by atoms with Gasteiger partial charge in [0.15, 0.2) is 5.78 Å². The van der Waals surface area contributed by atoms with Crippen molar-refractivity contribution in [3.8, 4) is 0 Å². The first kappa shape index (κ1) is 13.3. The summed E-state index contributed by atoms with van der Waals surface area (Å²) in [4.78, 5) is 12.2. The maximum absolute atomic E-state index is 12.6. The summed E-state index contributed by atoms with van der Waals surface area (Å²) in [7, 11) is 0. The molecule has 2 aromatic carbocycles. The third-order valence-corrected chi connectivity index (χ3v) is 2.84. The summed E-state index contributed by atoms with van der Waals surface area (Å²) < 4.78 is 37.8. The normalized spacial score (nSPS) is 11.4. The summed E-state index contributed by atoms with van der Waals surface area (Å²) in [5, 5.41) is 0. The van der Waals surface area contributed by atoms with Crippen molar-refractivity contribution < 1.29 is 18.0 Å². The van der Waals surface area contributed by atoms with E-state index in [4.69, 9.17) is 0 Å². The first-order valence-corrected chi connectivity index (χ1v) is 5.67. The lowest BCUT2D eigenvalue weighted by Crippen LogP contribution is -2.08. The zero-order valence-corrected chi connectivity index (χ0v) is 10.2. The van der Waals surface area contributed by atoms with Crippen molar-refractivity contribution in [2.24, 2.45) is 0 Å². The van der Waals surface area contributed by atoms with E-state index in [0.717, 1.165) is 17.7 Å². The number of carbonyl (C=O) groups excluding carboxylic acids is 1. The van der Waals surface area contributed by atoms with Gasteiger partial charge in [0.05, 0.1) is 5.56 Å². The summed E-state index contributed by atoms with van der Waals surface area (Å²) in [5.41, 5.74) is 0.391. The minimum Gasteiger partial charge on any atom is -0.289 e. The molecule has 0 unspecified atom stereocenters. The van der Waals surface area contributed by atoms with E-state index in [1.807, 2.05) is 0 Å². The van der Waals surface area contributed by atoms with Gasteiger partial charge in [-0.1, -0.05) is 36.4 Å². The highest BCUT2D eigenvalue weighted by Gasteiger charge is 2.31. The Hall–Kier alpha value is -2.10. The first-order valence-electron chi connectivity index (χ1n) is 5.67. The third kappa shape index (κ3) is 2.84. The van der Waals surface area contributed by atoms with Crippen LogP contribution < -0.4 is 0 Å². The minimum absolute atomic E-state index is 0.0455. The van der Waals surface area contributed by atoms with E-state index in [2.05, 4.69) is 0 Å². The second-order valence-electron chi connectivity index (χ2n) is 4.22. The summed E-state index contributed by atoms with van der Waals surface area (Å²) in [5.74, 6) is -0.399. The average Bonchev–Trinajstić information content (AvgIpc) is 2.38. The fraction of sp³-hybridized carbons (Fsp3) is 0.133. The number of halogens is 3. The van der Waals surface area contributed by atoms with Crippen LogP contribution in [0.2, 0.25) is 0 Å². The Bertz CT molecular complexity index is 615. The van der Waals surface area contributed by atoms with Crippen LogP contribution in [-0.4, -0.2) is 5.78 Å². The van der Waals surface area contributed by atoms with Crippen LogP contribution >= 0.6 is 0 Å². The second kappa shape index (κ2) is 4.88. The largest absolute Gasteiger partial charge is 0.416 e. The van der Waals surface area contributed by atoms with Gasteiger partial charge in [0.2, 0.25) is 0 Å². The molecule has 4 heteroatoms. The Morgan fingerprint density at radius 2 is 1.68 bits per heavy atom. The molecule has 0 saturated carbocycles. The van der Waals surface area contributed by atoms with Crippen molar-refractivity contribution in [1.29, 1.82) is 0 Å². The molecule has 0 aliphatic rings. The van der Waals surface area contributed by atoms with Crippen molar-refractivity contribution in [2.75, 3.05) is 0 Å². The van der Waals surface area contributed by atoms with Crippen LogP contribution in [0.15, 0.2) is 48.5 Å². The minimum atomic E-state index is -4.44. The first-order chi connectivity index (χ1) is 8.89. The number of aryl methyl sites for hydroxylation is 1. The van der Waals surface area contributed by atoms with Gasteiger partial charge in [0.1, 0.15) is 0 Å². The van der Waals surface area contributed by atoms with Gasteiger partial charge >= 0.3 is 6.18 Å². The monoisotopic (exact) mass is 264 g/mol. The van der Waals surface area contributed by atoms with E-state index in [1.54, 1.807) is 31.2 Å². The molecule has 2 rings (SSSR count). The summed E-state index contributed by atoms with van der Waals surface area (Å²) >= 11 is 0. The van der Waals surface area contributed by atoms with E-state index >= 15 is 0 Å². The molecule has 0 aliphatic heterocycles. The molecule has 0 spiro atoms. The maximum Gasteiger partial charge on any atom is 0.416 e. The van der Waals surface area contributed by atoms with Gasteiger partial charge in [0, 0.05) is 11.1 Å². The molecular formula is C15H11F3O. The molecule has 0 amide bonds. The standard InChI is InChI=1S/C15H11F3O/c1-10-5-2-3-8-13(10)14(19)11-6-4-7-12(9-11)15(16,17)18/h2-9H,1H3. The van der Waals surface area contributed by atoms with E-state index < -0.39 is 17.5 Å². The smallest absolute Gasteiger partial charge is 0.289 e. The summed E-state index contributed by atoms with van der Waals surface area (Å²) in [6, 6.07) is 11.3. The quantitative estimate of drug-likeness (QED) is 0.741. The second-order valence-corrected chi connectivity index (χ2v) is 4.22. The number of ketones is 1. The molecule has 2 aromatic rings. The molecule has 0 fully saturated rings. The van der Waals surface area contributed by atoms with E-state index in [9.17, 15) is 18.0 Å². The molecule has 0 bridgehead atoms. The summed E-state index contributed by atoms with van der Waals surface area (Å²) in [6.45, 7) is 1.75. The number of hydrogen-bond acceptors (Lipinski definition) is 1. The predicted octanol–water partition coefficient (Wildman–Crippen LogP) is 4.24. The average molecular weight is 264 g/mol. The Kier molecular flexibility index (Phi) is 3.42. The molecule has 0 atom stereocenters. The lowest BCUT2D eigenvalue weighted by atomic mass is 9.98. The molecule has 19 heavy (non-hydrogen) atoms. The SMILES string of the molecule is Cc1ccccc1C(=O)c1cccc(C(F)(F)F)c1. The van der Waals surface area contributed by atoms with Gasteiger partial charge in [-0.05, 0) is 24.6 Å². The predicted molar refractivity (Wildman–Crippen MR) is 66.1 cm³/mol. The number of hydrogen-bond donors (Lipinski definition) is 0. The van der Waals surface area contributed by atoms with Crippen LogP contribution in [0.25, 0.3) is 0 Å². The molecule has 0 heterocycles. The van der Waals surface area contributed by atoms with Gasteiger partial charge < -0.3 is 0 Å². The fourth-order valence-electron chi connectivity index (χ4n) is 1.82. The van der Waals surface area contributed by atoms with Crippen molar-refractivity contribution in [1.82, 2.24) is 0 Å². The molecule has 0 saturated heterocycles. The molecule has 98 valence electrons. The van der Waals surface area contributed by atoms with Crippen LogP contribution in [0.1, 0.15) is 27.0 Å². The molecule has 0 aliphatic carbocycles. The van der Waals surface area contributed by atoms with Crippen LogP contribution in [0.4, 0.5) is 13.2 Å². The zero-order valence-electron chi connectivity index (χ0n) is 10.2. The topological polar surface area (TPSA) is 17.1 Å². The number of rotatable bonds is 2. The molecule has 1 nitrogen and oxygen atoms in total. The number of alkyl halides is 3. The molecular weight excluding hydrogens is 253 g/mol. The Labute approximate surface area is 108 Å². The molecule has 0 radical (unpaired) electrons. The highest BCUT2D eigenvalue weighted by Crippen LogP contribution is 2.30. The molecule has 0 aromatic heterocycles. The van der Waals surface area contributed by atoms with Crippen LogP contribution in [0, 0.1) is 6.92 Å². The lowest BCUT2D eigenvalue weighted by Gasteiger charge is -2.09. The van der Waals surface area contributed by atoms with Gasteiger partial charge in [-0.15, -0.1) is 0 Å². The van der Waals surface area contributed by atoms with E-state index in [1.165, 1.54) is 12.1 Å². The Morgan fingerprint density at radius 1 is 1.00 bits per heavy atom. The van der Waals surface area contributed by atoms with Gasteiger partial charge in [-0.3, -0.25) is 4.79 Å². The van der Waals surface area contributed by atoms with Crippen LogP contribution in [0.5, 0.6) is 0 Å². The zero-order chi connectivity index (χ0) is 14.0. The third-order valence-electron chi connectivity index (χ3n) is 2.84. The van der Waals surface area contributed by atoms with Crippen LogP contribution in [-0.2, 0) is 6.18 Å². The van der Waals surface area contributed by atoms with E-state index in [0.29, 0.717) is 5.56 Å². The van der Waals surface area contributed by atoms with Crippen LogP contribution in [0.3, 0.4) is 0 Å². The number of benzene rings is 2. The Balaban J connectivity index is 2.43. The number of carbonyl (C=O) groups is 1. The summed E-state index contributed by atoms with van der Waals surface area (Å²) in [6.07, 6.45) is -4.44. The van der Waals surface area contributed by atoms with Gasteiger partial charge in [-0.25, -0.2) is 0 Å². The van der Waals surface area contributed by atoms with Gasteiger partial charge in [-0.2, -0.15) is 13.2 Å². The fourth-order valence-corrected chi connectivity index (χ4v) is 1.82. The van der Waals surface area contributed by atoms with Crippen molar-refractivity contribution >= 4 is 5.78 Å². The van der Waals surface area contributed by atoms with Gasteiger partial charge in [0.25, 0.3) is 0 Å². The van der Waals surface area contributed by atoms with Crippen molar-refractivity contribution in [2.45, 2.75) is 13.1 Å². The van der Waals surface area contributed by atoms with Crippen molar-refractivity contribution in [3.05, 3.63) is 70.8 Å². The van der Waals surface area contributed by atoms with Crippen molar-refractivity contribution in [3.63, 3.8) is 0 Å². The maximum atomic E-state index is 12.6. The van der Waals surface area contributed by atoms with E-state index in [-0.39, 0.29) is 5.56 Å².